The van der Waals surface area contributed by atoms with Crippen LogP contribution >= 0.6 is 0 Å². The van der Waals surface area contributed by atoms with Crippen LogP contribution in [0.1, 0.15) is 45.2 Å². The normalized spacial score (nSPS) is 14.5. The lowest BCUT2D eigenvalue weighted by atomic mass is 9.87. The van der Waals surface area contributed by atoms with Crippen molar-refractivity contribution in [1.29, 1.82) is 0 Å². The van der Waals surface area contributed by atoms with Crippen LogP contribution in [0.4, 0.5) is 17.6 Å². The molecule has 0 heterocycles. The number of alkyl halides is 4. The Kier molecular flexibility index (Phi) is 7.66. The highest BCUT2D eigenvalue weighted by Gasteiger charge is 2.27. The second-order valence-electron chi connectivity index (χ2n) is 6.78. The van der Waals surface area contributed by atoms with Crippen LogP contribution in [-0.2, 0) is 4.79 Å². The average Bonchev–Trinajstić information content (AvgIpc) is 2.44. The van der Waals surface area contributed by atoms with Gasteiger partial charge in [-0.25, -0.2) is 8.78 Å². The molecule has 0 saturated carbocycles. The van der Waals surface area contributed by atoms with Crippen molar-refractivity contribution in [2.45, 2.75) is 58.8 Å². The number of halogens is 4. The van der Waals surface area contributed by atoms with Crippen molar-refractivity contribution >= 4 is 5.91 Å². The van der Waals surface area contributed by atoms with E-state index in [1.807, 2.05) is 0 Å². The fraction of sp³-hybridized carbons (Fsp3) is 0.588. The van der Waals surface area contributed by atoms with Crippen molar-refractivity contribution in [2.75, 3.05) is 0 Å². The van der Waals surface area contributed by atoms with Gasteiger partial charge in [-0.05, 0) is 23.1 Å². The van der Waals surface area contributed by atoms with Gasteiger partial charge in [0, 0.05) is 6.42 Å². The summed E-state index contributed by atoms with van der Waals surface area (Å²) in [6.07, 6.45) is -4.60. The zero-order chi connectivity index (χ0) is 19.2. The van der Waals surface area contributed by atoms with Gasteiger partial charge in [0.1, 0.15) is 5.75 Å². The first kappa shape index (κ1) is 21.2. The number of aliphatic hydroxyl groups is 1. The van der Waals surface area contributed by atoms with Crippen molar-refractivity contribution in [3.8, 4) is 5.75 Å². The molecule has 0 aliphatic heterocycles. The molecule has 2 unspecified atom stereocenters. The smallest absolute Gasteiger partial charge is 0.387 e. The summed E-state index contributed by atoms with van der Waals surface area (Å²) in [4.78, 5) is 12.1. The molecule has 1 aromatic rings. The number of hydrogen-bond acceptors (Lipinski definition) is 3. The molecule has 0 fully saturated rings. The Morgan fingerprint density at radius 1 is 1.24 bits per heavy atom. The molecule has 0 spiro atoms. The first-order valence-electron chi connectivity index (χ1n) is 7.79. The second kappa shape index (κ2) is 9.03. The minimum Gasteiger partial charge on any atom is -0.435 e. The maximum absolute atomic E-state index is 12.8. The van der Waals surface area contributed by atoms with Gasteiger partial charge in [-0.3, -0.25) is 4.79 Å². The fourth-order valence-electron chi connectivity index (χ4n) is 2.10. The fourth-order valence-corrected chi connectivity index (χ4v) is 2.10. The van der Waals surface area contributed by atoms with Gasteiger partial charge in [-0.15, -0.1) is 0 Å². The van der Waals surface area contributed by atoms with Gasteiger partial charge < -0.3 is 15.2 Å². The zero-order valence-electron chi connectivity index (χ0n) is 14.3. The summed E-state index contributed by atoms with van der Waals surface area (Å²) in [5.74, 6) is -0.788. The van der Waals surface area contributed by atoms with Gasteiger partial charge >= 0.3 is 6.61 Å². The maximum Gasteiger partial charge on any atom is 0.387 e. The lowest BCUT2D eigenvalue weighted by molar-refractivity contribution is -0.125. The molecule has 0 aliphatic carbocycles. The first-order chi connectivity index (χ1) is 11.5. The molecule has 142 valence electrons. The van der Waals surface area contributed by atoms with Crippen LogP contribution in [0.2, 0.25) is 0 Å². The number of aliphatic hydroxyl groups excluding tert-OH is 1. The Bertz CT molecular complexity index is 561. The number of rotatable bonds is 8. The summed E-state index contributed by atoms with van der Waals surface area (Å²) in [5.41, 5.74) is -0.322. The molecule has 0 bridgehead atoms. The van der Waals surface area contributed by atoms with Crippen LogP contribution in [0, 0.1) is 5.41 Å². The lowest BCUT2D eigenvalue weighted by Crippen LogP contribution is -2.36. The van der Waals surface area contributed by atoms with E-state index in [0.29, 0.717) is 0 Å². The largest absolute Gasteiger partial charge is 0.435 e. The summed E-state index contributed by atoms with van der Waals surface area (Å²) in [6, 6.07) is 4.17. The summed E-state index contributed by atoms with van der Waals surface area (Å²) < 4.78 is 54.5. The van der Waals surface area contributed by atoms with Crippen LogP contribution in [0.5, 0.6) is 5.75 Å². The minimum atomic E-state index is -3.04. The van der Waals surface area contributed by atoms with E-state index >= 15 is 0 Å². The van der Waals surface area contributed by atoms with E-state index in [1.165, 1.54) is 24.3 Å². The average molecular weight is 365 g/mol. The highest BCUT2D eigenvalue weighted by Crippen LogP contribution is 2.26. The van der Waals surface area contributed by atoms with Gasteiger partial charge in [0.15, 0.2) is 0 Å². The Hall–Kier alpha value is -1.83. The van der Waals surface area contributed by atoms with Gasteiger partial charge in [0.2, 0.25) is 12.3 Å². The molecule has 2 N–H and O–H groups in total. The molecule has 0 radical (unpaired) electrons. The molecular formula is C17H23F4NO3. The standard InChI is InChI=1S/C17H23F4NO3/c1-17(2,3)13(23)9-15(24)22-12(8-14(18)19)10-5-4-6-11(7-10)25-16(20)21/h4-7,12-14,16,23H,8-9H2,1-3H3,(H,22,24). The van der Waals surface area contributed by atoms with Crippen LogP contribution in [-0.4, -0.2) is 30.2 Å². The van der Waals surface area contributed by atoms with Crippen molar-refractivity contribution < 1.29 is 32.2 Å². The summed E-state index contributed by atoms with van der Waals surface area (Å²) >= 11 is 0. The SMILES string of the molecule is CC(C)(C)C(O)CC(=O)NC(CC(F)F)c1cccc(OC(F)F)c1. The van der Waals surface area contributed by atoms with E-state index in [1.54, 1.807) is 20.8 Å². The highest BCUT2D eigenvalue weighted by molar-refractivity contribution is 5.77. The molecule has 1 rings (SSSR count). The number of hydrogen-bond donors (Lipinski definition) is 2. The summed E-state index contributed by atoms with van der Waals surface area (Å²) in [7, 11) is 0. The Morgan fingerprint density at radius 2 is 1.88 bits per heavy atom. The number of benzene rings is 1. The van der Waals surface area contributed by atoms with E-state index < -0.39 is 42.9 Å². The molecule has 1 aromatic carbocycles. The van der Waals surface area contributed by atoms with Crippen LogP contribution < -0.4 is 10.1 Å². The molecule has 0 aromatic heterocycles. The van der Waals surface area contributed by atoms with Gasteiger partial charge in [0.25, 0.3) is 0 Å². The van der Waals surface area contributed by atoms with Gasteiger partial charge in [-0.2, -0.15) is 8.78 Å². The maximum atomic E-state index is 12.8. The molecule has 0 saturated heterocycles. The van der Waals surface area contributed by atoms with Gasteiger partial charge in [0.05, 0.1) is 18.6 Å². The highest BCUT2D eigenvalue weighted by atomic mass is 19.3. The zero-order valence-corrected chi connectivity index (χ0v) is 14.3. The minimum absolute atomic E-state index is 0.184. The van der Waals surface area contributed by atoms with Gasteiger partial charge in [-0.1, -0.05) is 32.9 Å². The number of carbonyl (C=O) groups is 1. The van der Waals surface area contributed by atoms with Crippen LogP contribution in [0.3, 0.4) is 0 Å². The van der Waals surface area contributed by atoms with Crippen molar-refractivity contribution in [3.63, 3.8) is 0 Å². The molecule has 25 heavy (non-hydrogen) atoms. The second-order valence-corrected chi connectivity index (χ2v) is 6.78. The van der Waals surface area contributed by atoms with Crippen LogP contribution in [0.15, 0.2) is 24.3 Å². The summed E-state index contributed by atoms with van der Waals surface area (Å²) in [6.45, 7) is 2.19. The van der Waals surface area contributed by atoms with E-state index in [4.69, 9.17) is 0 Å². The molecule has 1 amide bonds. The van der Waals surface area contributed by atoms with Crippen molar-refractivity contribution in [2.24, 2.45) is 5.41 Å². The molecule has 8 heteroatoms. The monoisotopic (exact) mass is 365 g/mol. The molecule has 0 aliphatic rings. The van der Waals surface area contributed by atoms with Crippen molar-refractivity contribution in [1.82, 2.24) is 5.32 Å². The Morgan fingerprint density at radius 3 is 2.40 bits per heavy atom. The number of carbonyl (C=O) groups excluding carboxylic acids is 1. The summed E-state index contributed by atoms with van der Waals surface area (Å²) in [5, 5.41) is 12.4. The van der Waals surface area contributed by atoms with Crippen molar-refractivity contribution in [3.05, 3.63) is 29.8 Å². The molecular weight excluding hydrogens is 342 g/mol. The third kappa shape index (κ3) is 7.72. The molecule has 2 atom stereocenters. The Balaban J connectivity index is 2.89. The topological polar surface area (TPSA) is 58.6 Å². The number of amides is 1. The first-order valence-corrected chi connectivity index (χ1v) is 7.79. The molecule has 4 nitrogen and oxygen atoms in total. The third-order valence-electron chi connectivity index (χ3n) is 3.61. The van der Waals surface area contributed by atoms with E-state index in [9.17, 15) is 27.5 Å². The van der Waals surface area contributed by atoms with E-state index in [2.05, 4.69) is 10.1 Å². The van der Waals surface area contributed by atoms with E-state index in [-0.39, 0.29) is 17.7 Å². The number of ether oxygens (including phenoxy) is 1. The predicted octanol–water partition coefficient (Wildman–Crippen LogP) is 3.90. The quantitative estimate of drug-likeness (QED) is 0.687. The Labute approximate surface area is 144 Å². The van der Waals surface area contributed by atoms with Crippen LogP contribution in [0.25, 0.3) is 0 Å². The van der Waals surface area contributed by atoms with E-state index in [0.717, 1.165) is 0 Å². The third-order valence-corrected chi connectivity index (χ3v) is 3.61. The predicted molar refractivity (Wildman–Crippen MR) is 84.7 cm³/mol. The number of nitrogens with one attached hydrogen (secondary N) is 1. The lowest BCUT2D eigenvalue weighted by Gasteiger charge is -2.26.